The van der Waals surface area contributed by atoms with E-state index in [2.05, 4.69) is 13.8 Å². The van der Waals surface area contributed by atoms with Crippen LogP contribution in [0.2, 0.25) is 0 Å². The van der Waals surface area contributed by atoms with E-state index in [-0.39, 0.29) is 0 Å². The number of hydrogen-bond donors (Lipinski definition) is 0. The summed E-state index contributed by atoms with van der Waals surface area (Å²) in [6, 6.07) is 0. The molecule has 0 N–H and O–H groups in total. The summed E-state index contributed by atoms with van der Waals surface area (Å²) in [4.78, 5) is 2.03. The van der Waals surface area contributed by atoms with Crippen molar-refractivity contribution in [2.75, 3.05) is 20.1 Å². The van der Waals surface area contributed by atoms with E-state index in [1.807, 2.05) is 11.9 Å². The summed E-state index contributed by atoms with van der Waals surface area (Å²) in [6.07, 6.45) is 0. The topological polar surface area (TPSA) is 3.24 Å². The van der Waals surface area contributed by atoms with Gasteiger partial charge in [-0.25, -0.2) is 0 Å². The van der Waals surface area contributed by atoms with Crippen molar-refractivity contribution in [3.05, 3.63) is 13.8 Å². The molecule has 0 radical (unpaired) electrons. The summed E-state index contributed by atoms with van der Waals surface area (Å²) < 4.78 is 0. The summed E-state index contributed by atoms with van der Waals surface area (Å²) in [7, 11) is 1.99. The Labute approximate surface area is 40.0 Å². The third kappa shape index (κ3) is 2.21. The first kappa shape index (κ1) is 5.96. The van der Waals surface area contributed by atoms with Crippen LogP contribution in [0.3, 0.4) is 0 Å². The van der Waals surface area contributed by atoms with Gasteiger partial charge in [-0.05, 0) is 7.05 Å². The van der Waals surface area contributed by atoms with Crippen molar-refractivity contribution in [3.63, 3.8) is 0 Å². The minimum absolute atomic E-state index is 0.851. The van der Waals surface area contributed by atoms with Crippen LogP contribution in [0.5, 0.6) is 0 Å². The van der Waals surface area contributed by atoms with Gasteiger partial charge in [-0.3, -0.25) is 0 Å². The molecule has 0 fully saturated rings. The highest BCUT2D eigenvalue weighted by atomic mass is 15.1. The van der Waals surface area contributed by atoms with Gasteiger partial charge in [-0.1, -0.05) is 0 Å². The average molecular weight is 85.1 g/mol. The Morgan fingerprint density at radius 1 is 1.33 bits per heavy atom. The van der Waals surface area contributed by atoms with E-state index >= 15 is 0 Å². The zero-order valence-electron chi connectivity index (χ0n) is 4.28. The highest BCUT2D eigenvalue weighted by Crippen LogP contribution is 1.72. The van der Waals surface area contributed by atoms with Gasteiger partial charge in [0, 0.05) is 0 Å². The summed E-state index contributed by atoms with van der Waals surface area (Å²) >= 11 is 0. The maximum atomic E-state index is 3.64. The van der Waals surface area contributed by atoms with Crippen LogP contribution in [0.25, 0.3) is 0 Å². The van der Waals surface area contributed by atoms with Crippen LogP contribution in [0.4, 0.5) is 0 Å². The molecular weight excluding hydrogens is 74.1 g/mol. The first-order valence-electron chi connectivity index (χ1n) is 2.08. The summed E-state index contributed by atoms with van der Waals surface area (Å²) in [5.74, 6) is 0. The smallest absolute Gasteiger partial charge is 0.0191 e. The summed E-state index contributed by atoms with van der Waals surface area (Å²) in [5.41, 5.74) is 0. The Kier molecular flexibility index (Phi) is 3.14. The summed E-state index contributed by atoms with van der Waals surface area (Å²) in [6.45, 7) is 8.99. The molecule has 0 amide bonds. The molecule has 0 aliphatic carbocycles. The van der Waals surface area contributed by atoms with Crippen molar-refractivity contribution in [1.82, 2.24) is 4.90 Å². The van der Waals surface area contributed by atoms with E-state index in [0.29, 0.717) is 0 Å². The third-order valence-corrected chi connectivity index (χ3v) is 0.763. The molecule has 1 nitrogen and oxygen atoms in total. The van der Waals surface area contributed by atoms with Crippen molar-refractivity contribution in [1.29, 1.82) is 0 Å². The van der Waals surface area contributed by atoms with Gasteiger partial charge in [0.15, 0.2) is 0 Å². The average Bonchev–Trinajstić information content (AvgIpc) is 1.65. The van der Waals surface area contributed by atoms with Gasteiger partial charge in [0.25, 0.3) is 0 Å². The minimum atomic E-state index is 0.851. The second kappa shape index (κ2) is 3.16. The van der Waals surface area contributed by atoms with Crippen molar-refractivity contribution < 1.29 is 0 Å². The largest absolute Gasteiger partial charge is 0.365 e. The Bertz CT molecular complexity index is 23.1. The second-order valence-corrected chi connectivity index (χ2v) is 1.30. The van der Waals surface area contributed by atoms with E-state index in [9.17, 15) is 0 Å². The normalized spacial score (nSPS) is 10.0. The molecule has 0 bridgehead atoms. The van der Waals surface area contributed by atoms with E-state index in [1.54, 1.807) is 0 Å². The maximum Gasteiger partial charge on any atom is -0.0191 e. The van der Waals surface area contributed by atoms with Gasteiger partial charge in [0.2, 0.25) is 0 Å². The lowest BCUT2D eigenvalue weighted by atomic mass is 10.6. The molecular formula is C5H11N-2. The predicted octanol–water partition coefficient (Wildman–Crippen LogP) is 0.586. The van der Waals surface area contributed by atoms with Gasteiger partial charge >= 0.3 is 0 Å². The molecule has 0 aliphatic rings. The van der Waals surface area contributed by atoms with Crippen LogP contribution in [0.1, 0.15) is 0 Å². The van der Waals surface area contributed by atoms with Crippen LogP contribution < -0.4 is 0 Å². The number of rotatable bonds is 2. The fraction of sp³-hybridized carbons (Fsp3) is 0.600. The Morgan fingerprint density at radius 3 is 1.67 bits per heavy atom. The molecule has 0 saturated carbocycles. The molecule has 0 saturated heterocycles. The van der Waals surface area contributed by atoms with Gasteiger partial charge in [0.05, 0.1) is 0 Å². The Morgan fingerprint density at radius 2 is 1.67 bits per heavy atom. The van der Waals surface area contributed by atoms with Crippen molar-refractivity contribution in [2.45, 2.75) is 0 Å². The molecule has 0 unspecified atom stereocenters. The monoisotopic (exact) mass is 85.1 g/mol. The molecule has 0 atom stereocenters. The van der Waals surface area contributed by atoms with Crippen LogP contribution in [-0.2, 0) is 0 Å². The van der Waals surface area contributed by atoms with Crippen molar-refractivity contribution in [3.8, 4) is 0 Å². The van der Waals surface area contributed by atoms with Crippen LogP contribution in [0.15, 0.2) is 0 Å². The van der Waals surface area contributed by atoms with E-state index in [4.69, 9.17) is 0 Å². The molecule has 6 heavy (non-hydrogen) atoms. The van der Waals surface area contributed by atoms with Gasteiger partial charge in [0.1, 0.15) is 0 Å². The molecule has 0 aromatic heterocycles. The predicted molar refractivity (Wildman–Crippen MR) is 28.2 cm³/mol. The lowest BCUT2D eigenvalue weighted by Crippen LogP contribution is -2.16. The highest BCUT2D eigenvalue weighted by Gasteiger charge is 1.71. The molecule has 0 aliphatic heterocycles. The van der Waals surface area contributed by atoms with Gasteiger partial charge in [-0.2, -0.15) is 0 Å². The second-order valence-electron chi connectivity index (χ2n) is 1.30. The Balaban J connectivity index is 2.75. The Hall–Kier alpha value is -0.0400. The SMILES string of the molecule is [CH2-]CN(C)C[CH2-]. The van der Waals surface area contributed by atoms with Gasteiger partial charge < -0.3 is 18.7 Å². The standard InChI is InChI=1S/C5H11N/c1-4-6(3)5-2/h1-2,4-5H2,3H3/q-2. The lowest BCUT2D eigenvalue weighted by molar-refractivity contribution is 0.409. The van der Waals surface area contributed by atoms with E-state index < -0.39 is 0 Å². The van der Waals surface area contributed by atoms with Crippen LogP contribution >= 0.6 is 0 Å². The fourth-order valence-electron chi connectivity index (χ4n) is 0.112. The molecule has 0 heterocycles. The van der Waals surface area contributed by atoms with Gasteiger partial charge in [-0.15, -0.1) is 13.1 Å². The number of nitrogens with zero attached hydrogens (tertiary/aromatic N) is 1. The maximum absolute atomic E-state index is 3.64. The zero-order chi connectivity index (χ0) is 4.99. The van der Waals surface area contributed by atoms with E-state index in [1.165, 1.54) is 0 Å². The quantitative estimate of drug-likeness (QED) is 0.443. The fourth-order valence-corrected chi connectivity index (χ4v) is 0.112. The van der Waals surface area contributed by atoms with Crippen LogP contribution in [-0.4, -0.2) is 25.0 Å². The molecule has 38 valence electrons. The molecule has 0 spiro atoms. The minimum Gasteiger partial charge on any atom is -0.365 e. The molecule has 0 aromatic rings. The first-order chi connectivity index (χ1) is 2.81. The number of hydrogen-bond acceptors (Lipinski definition) is 1. The zero-order valence-corrected chi connectivity index (χ0v) is 4.28. The van der Waals surface area contributed by atoms with Crippen LogP contribution in [0, 0.1) is 13.8 Å². The summed E-state index contributed by atoms with van der Waals surface area (Å²) in [5, 5.41) is 0. The molecule has 0 rings (SSSR count). The van der Waals surface area contributed by atoms with Crippen molar-refractivity contribution in [2.24, 2.45) is 0 Å². The van der Waals surface area contributed by atoms with Crippen molar-refractivity contribution >= 4 is 0 Å². The first-order valence-corrected chi connectivity index (χ1v) is 2.08. The molecule has 1 heteroatoms. The molecule has 0 aromatic carbocycles. The highest BCUT2D eigenvalue weighted by molar-refractivity contribution is 4.51. The van der Waals surface area contributed by atoms with E-state index in [0.717, 1.165) is 13.1 Å². The third-order valence-electron chi connectivity index (χ3n) is 0.763. The lowest BCUT2D eigenvalue weighted by Gasteiger charge is -2.17.